The van der Waals surface area contributed by atoms with Crippen LogP contribution in [0.5, 0.6) is 5.75 Å². The molecule has 1 heterocycles. The zero-order chi connectivity index (χ0) is 23.1. The molecule has 0 spiro atoms. The van der Waals surface area contributed by atoms with Crippen LogP contribution >= 0.6 is 0 Å². The average molecular weight is 462 g/mol. The minimum absolute atomic E-state index is 0.155. The first-order chi connectivity index (χ1) is 15.3. The Kier molecular flexibility index (Phi) is 7.70. The SMILES string of the molecule is CCOC(=O)Nc1ccc(NC(=O)C2CCN(S(=O)(=O)c3ccc(OC)cc3)CC2)cc1. The van der Waals surface area contributed by atoms with Gasteiger partial charge >= 0.3 is 6.09 Å². The minimum atomic E-state index is -3.61. The molecule has 1 saturated heterocycles. The molecule has 1 aliphatic rings. The van der Waals surface area contributed by atoms with E-state index >= 15 is 0 Å². The highest BCUT2D eigenvalue weighted by Crippen LogP contribution is 2.26. The number of nitrogens with one attached hydrogen (secondary N) is 2. The summed E-state index contributed by atoms with van der Waals surface area (Å²) in [6, 6.07) is 13.0. The lowest BCUT2D eigenvalue weighted by atomic mass is 9.97. The summed E-state index contributed by atoms with van der Waals surface area (Å²) in [7, 11) is -2.09. The highest BCUT2D eigenvalue weighted by molar-refractivity contribution is 7.89. The smallest absolute Gasteiger partial charge is 0.411 e. The lowest BCUT2D eigenvalue weighted by Crippen LogP contribution is -2.41. The highest BCUT2D eigenvalue weighted by Gasteiger charge is 2.32. The number of ether oxygens (including phenoxy) is 2. The molecule has 0 saturated carbocycles. The number of anilines is 2. The van der Waals surface area contributed by atoms with Crippen LogP contribution in [-0.4, -0.2) is 51.5 Å². The van der Waals surface area contributed by atoms with E-state index in [9.17, 15) is 18.0 Å². The Balaban J connectivity index is 1.53. The third-order valence-corrected chi connectivity index (χ3v) is 7.11. The number of hydrogen-bond acceptors (Lipinski definition) is 6. The fourth-order valence-electron chi connectivity index (χ4n) is 3.42. The normalized spacial score (nSPS) is 15.1. The second-order valence-electron chi connectivity index (χ2n) is 7.27. The van der Waals surface area contributed by atoms with Crippen molar-refractivity contribution in [3.63, 3.8) is 0 Å². The van der Waals surface area contributed by atoms with Gasteiger partial charge in [0.25, 0.3) is 0 Å². The summed E-state index contributed by atoms with van der Waals surface area (Å²) in [5.74, 6) is 0.149. The van der Waals surface area contributed by atoms with Gasteiger partial charge in [-0.05, 0) is 68.3 Å². The molecule has 1 aliphatic heterocycles. The van der Waals surface area contributed by atoms with Gasteiger partial charge in [0.05, 0.1) is 18.6 Å². The molecule has 32 heavy (non-hydrogen) atoms. The first-order valence-corrected chi connectivity index (χ1v) is 11.8. The van der Waals surface area contributed by atoms with Crippen molar-refractivity contribution >= 4 is 33.4 Å². The molecule has 1 fully saturated rings. The van der Waals surface area contributed by atoms with Crippen molar-refractivity contribution in [2.45, 2.75) is 24.7 Å². The highest BCUT2D eigenvalue weighted by atomic mass is 32.2. The summed E-state index contributed by atoms with van der Waals surface area (Å²) in [6.45, 7) is 2.54. The number of carbonyl (C=O) groups is 2. The quantitative estimate of drug-likeness (QED) is 0.654. The van der Waals surface area contributed by atoms with E-state index in [-0.39, 0.29) is 36.4 Å². The van der Waals surface area contributed by atoms with Crippen LogP contribution < -0.4 is 15.4 Å². The summed E-state index contributed by atoms with van der Waals surface area (Å²) in [6.07, 6.45) is 0.327. The van der Waals surface area contributed by atoms with Crippen LogP contribution in [0.1, 0.15) is 19.8 Å². The van der Waals surface area contributed by atoms with Gasteiger partial charge in [0.2, 0.25) is 15.9 Å². The predicted molar refractivity (Wildman–Crippen MR) is 120 cm³/mol. The second-order valence-corrected chi connectivity index (χ2v) is 9.20. The maximum atomic E-state index is 12.8. The molecular formula is C22H27N3O6S. The van der Waals surface area contributed by atoms with Crippen LogP contribution in [0.4, 0.5) is 16.2 Å². The Morgan fingerprint density at radius 1 is 0.969 bits per heavy atom. The monoisotopic (exact) mass is 461 g/mol. The molecule has 10 heteroatoms. The zero-order valence-electron chi connectivity index (χ0n) is 18.0. The fourth-order valence-corrected chi connectivity index (χ4v) is 4.89. The Labute approximate surface area is 187 Å². The molecular weight excluding hydrogens is 434 g/mol. The average Bonchev–Trinajstić information content (AvgIpc) is 2.80. The van der Waals surface area contributed by atoms with E-state index < -0.39 is 16.1 Å². The van der Waals surface area contributed by atoms with E-state index in [1.807, 2.05) is 0 Å². The lowest BCUT2D eigenvalue weighted by molar-refractivity contribution is -0.120. The molecule has 2 aromatic rings. The molecule has 0 aromatic heterocycles. The molecule has 0 radical (unpaired) electrons. The number of methoxy groups -OCH3 is 1. The van der Waals surface area contributed by atoms with Crippen molar-refractivity contribution in [2.75, 3.05) is 37.4 Å². The van der Waals surface area contributed by atoms with Gasteiger partial charge in [0.1, 0.15) is 5.75 Å². The molecule has 172 valence electrons. The van der Waals surface area contributed by atoms with Gasteiger partial charge in [-0.3, -0.25) is 10.1 Å². The van der Waals surface area contributed by atoms with Gasteiger partial charge in [-0.2, -0.15) is 4.31 Å². The molecule has 2 amide bonds. The summed E-state index contributed by atoms with van der Waals surface area (Å²) in [4.78, 5) is 24.3. The predicted octanol–water partition coefficient (Wildman–Crippen LogP) is 3.30. The number of hydrogen-bond donors (Lipinski definition) is 2. The van der Waals surface area contributed by atoms with E-state index in [0.29, 0.717) is 30.0 Å². The van der Waals surface area contributed by atoms with Gasteiger partial charge in [-0.15, -0.1) is 0 Å². The Morgan fingerprint density at radius 3 is 2.06 bits per heavy atom. The lowest BCUT2D eigenvalue weighted by Gasteiger charge is -2.30. The Morgan fingerprint density at radius 2 is 1.53 bits per heavy atom. The summed E-state index contributed by atoms with van der Waals surface area (Å²) in [5.41, 5.74) is 1.15. The van der Waals surface area contributed by atoms with Gasteiger partial charge in [-0.25, -0.2) is 13.2 Å². The van der Waals surface area contributed by atoms with Gasteiger partial charge in [-0.1, -0.05) is 0 Å². The molecule has 0 aliphatic carbocycles. The zero-order valence-corrected chi connectivity index (χ0v) is 18.9. The van der Waals surface area contributed by atoms with Crippen LogP contribution in [-0.2, 0) is 19.6 Å². The molecule has 3 rings (SSSR count). The molecule has 0 unspecified atom stereocenters. The van der Waals surface area contributed by atoms with Crippen molar-refractivity contribution in [2.24, 2.45) is 5.92 Å². The van der Waals surface area contributed by atoms with Gasteiger partial charge in [0.15, 0.2) is 0 Å². The minimum Gasteiger partial charge on any atom is -0.497 e. The van der Waals surface area contributed by atoms with Crippen LogP contribution in [0.25, 0.3) is 0 Å². The van der Waals surface area contributed by atoms with Crippen LogP contribution in [0.3, 0.4) is 0 Å². The number of rotatable bonds is 7. The molecule has 2 aromatic carbocycles. The van der Waals surface area contributed by atoms with Crippen molar-refractivity contribution in [3.8, 4) is 5.75 Å². The number of nitrogens with zero attached hydrogens (tertiary/aromatic N) is 1. The van der Waals surface area contributed by atoms with Crippen molar-refractivity contribution in [3.05, 3.63) is 48.5 Å². The summed E-state index contributed by atoms with van der Waals surface area (Å²) >= 11 is 0. The standard InChI is InChI=1S/C22H27N3O6S/c1-3-31-22(27)24-18-6-4-17(5-7-18)23-21(26)16-12-14-25(15-13-16)32(28,29)20-10-8-19(30-2)9-11-20/h4-11,16H,3,12-15H2,1-2H3,(H,23,26)(H,24,27). The maximum absolute atomic E-state index is 12.8. The van der Waals surface area contributed by atoms with Crippen molar-refractivity contribution < 1.29 is 27.5 Å². The first-order valence-electron chi connectivity index (χ1n) is 10.3. The van der Waals surface area contributed by atoms with E-state index in [1.165, 1.54) is 23.5 Å². The third kappa shape index (κ3) is 5.77. The summed E-state index contributed by atoms with van der Waals surface area (Å²) in [5, 5.41) is 5.43. The Bertz CT molecular complexity index is 1030. The van der Waals surface area contributed by atoms with Gasteiger partial charge in [0, 0.05) is 30.4 Å². The van der Waals surface area contributed by atoms with E-state index in [4.69, 9.17) is 9.47 Å². The molecule has 2 N–H and O–H groups in total. The largest absolute Gasteiger partial charge is 0.497 e. The molecule has 0 bridgehead atoms. The van der Waals surface area contributed by atoms with Crippen molar-refractivity contribution in [1.82, 2.24) is 4.31 Å². The molecule has 0 atom stereocenters. The second kappa shape index (κ2) is 10.5. The van der Waals surface area contributed by atoms with Crippen molar-refractivity contribution in [1.29, 1.82) is 0 Å². The Hall–Kier alpha value is -3.11. The maximum Gasteiger partial charge on any atom is 0.411 e. The first kappa shape index (κ1) is 23.6. The number of carbonyl (C=O) groups excluding carboxylic acids is 2. The number of amides is 2. The van der Waals surface area contributed by atoms with Crippen LogP contribution in [0, 0.1) is 5.92 Å². The van der Waals surface area contributed by atoms with Crippen LogP contribution in [0.15, 0.2) is 53.4 Å². The van der Waals surface area contributed by atoms with E-state index in [1.54, 1.807) is 43.3 Å². The third-order valence-electron chi connectivity index (χ3n) is 5.20. The number of benzene rings is 2. The van der Waals surface area contributed by atoms with Gasteiger partial charge < -0.3 is 14.8 Å². The fraction of sp³-hybridized carbons (Fsp3) is 0.364. The number of sulfonamides is 1. The topological polar surface area (TPSA) is 114 Å². The van der Waals surface area contributed by atoms with Crippen LogP contribution in [0.2, 0.25) is 0 Å². The summed E-state index contributed by atoms with van der Waals surface area (Å²) < 4.78 is 37.0. The number of piperidine rings is 1. The van der Waals surface area contributed by atoms with E-state index in [0.717, 1.165) is 0 Å². The van der Waals surface area contributed by atoms with E-state index in [2.05, 4.69) is 10.6 Å². The molecule has 9 nitrogen and oxygen atoms in total.